The van der Waals surface area contributed by atoms with Crippen LogP contribution in [0.3, 0.4) is 0 Å². The summed E-state index contributed by atoms with van der Waals surface area (Å²) in [4.78, 5) is 16.8. The van der Waals surface area contributed by atoms with Crippen LogP contribution in [0.4, 0.5) is 13.2 Å². The van der Waals surface area contributed by atoms with E-state index in [1.165, 1.54) is 23.8 Å². The highest BCUT2D eigenvalue weighted by atomic mass is 32.2. The summed E-state index contributed by atoms with van der Waals surface area (Å²) in [6.07, 6.45) is 0.799. The molecule has 0 aliphatic carbocycles. The van der Waals surface area contributed by atoms with Crippen molar-refractivity contribution in [1.82, 2.24) is 9.80 Å². The molecule has 2 aromatic rings. The first-order valence-electron chi connectivity index (χ1n) is 8.83. The SMILES string of the molecule is O=C(c1ccccc1SC(F)(F)F)N1CCCN(Cc2ccccc2)CC1. The fraction of sp³-hybridized carbons (Fsp3) is 0.350. The Bertz CT molecular complexity index is 767. The van der Waals surface area contributed by atoms with E-state index in [2.05, 4.69) is 17.0 Å². The normalized spacial score (nSPS) is 16.2. The predicted molar refractivity (Wildman–Crippen MR) is 101 cm³/mol. The van der Waals surface area contributed by atoms with Gasteiger partial charge in [-0.1, -0.05) is 42.5 Å². The second kappa shape index (κ2) is 8.80. The number of halogens is 3. The number of benzene rings is 2. The number of thioether (sulfide) groups is 1. The van der Waals surface area contributed by atoms with Gasteiger partial charge in [0.1, 0.15) is 0 Å². The van der Waals surface area contributed by atoms with Crippen molar-refractivity contribution in [2.75, 3.05) is 26.2 Å². The predicted octanol–water partition coefficient (Wildman–Crippen LogP) is 4.65. The van der Waals surface area contributed by atoms with Crippen LogP contribution in [0.2, 0.25) is 0 Å². The minimum absolute atomic E-state index is 0.0413. The van der Waals surface area contributed by atoms with Crippen molar-refractivity contribution in [3.8, 4) is 0 Å². The molecule has 0 N–H and O–H groups in total. The van der Waals surface area contributed by atoms with Crippen LogP contribution in [0, 0.1) is 0 Å². The number of carbonyl (C=O) groups excluding carboxylic acids is 1. The van der Waals surface area contributed by atoms with Gasteiger partial charge >= 0.3 is 5.51 Å². The average Bonchev–Trinajstić information content (AvgIpc) is 2.87. The Morgan fingerprint density at radius 1 is 0.926 bits per heavy atom. The molecule has 1 heterocycles. The van der Waals surface area contributed by atoms with Crippen molar-refractivity contribution in [2.24, 2.45) is 0 Å². The van der Waals surface area contributed by atoms with Gasteiger partial charge in [0.25, 0.3) is 5.91 Å². The van der Waals surface area contributed by atoms with Gasteiger partial charge in [-0.2, -0.15) is 13.2 Å². The third kappa shape index (κ3) is 5.74. The largest absolute Gasteiger partial charge is 0.446 e. The highest BCUT2D eigenvalue weighted by molar-refractivity contribution is 8.00. The quantitative estimate of drug-likeness (QED) is 0.706. The van der Waals surface area contributed by atoms with Gasteiger partial charge < -0.3 is 4.90 Å². The fourth-order valence-corrected chi connectivity index (χ4v) is 3.86. The number of hydrogen-bond donors (Lipinski definition) is 0. The molecule has 3 nitrogen and oxygen atoms in total. The lowest BCUT2D eigenvalue weighted by molar-refractivity contribution is -0.0328. The minimum Gasteiger partial charge on any atom is -0.337 e. The van der Waals surface area contributed by atoms with E-state index < -0.39 is 5.51 Å². The van der Waals surface area contributed by atoms with E-state index >= 15 is 0 Å². The molecule has 0 aromatic heterocycles. The van der Waals surface area contributed by atoms with Crippen molar-refractivity contribution in [3.05, 3.63) is 65.7 Å². The van der Waals surface area contributed by atoms with E-state index in [-0.39, 0.29) is 28.1 Å². The van der Waals surface area contributed by atoms with Crippen LogP contribution < -0.4 is 0 Å². The van der Waals surface area contributed by atoms with E-state index in [0.29, 0.717) is 19.6 Å². The molecule has 0 bridgehead atoms. The Morgan fingerprint density at radius 2 is 1.63 bits per heavy atom. The molecule has 0 unspecified atom stereocenters. The van der Waals surface area contributed by atoms with E-state index in [1.54, 1.807) is 11.0 Å². The summed E-state index contributed by atoms with van der Waals surface area (Å²) in [5.41, 5.74) is -3.08. The van der Waals surface area contributed by atoms with E-state index in [1.807, 2.05) is 18.2 Å². The standard InChI is InChI=1S/C20H21F3N2OS/c21-20(22,23)27-18-10-5-4-9-17(18)19(26)25-12-6-11-24(13-14-25)15-16-7-2-1-3-8-16/h1-5,7-10H,6,11-15H2. The Kier molecular flexibility index (Phi) is 6.44. The maximum Gasteiger partial charge on any atom is 0.446 e. The lowest BCUT2D eigenvalue weighted by Crippen LogP contribution is -2.35. The van der Waals surface area contributed by atoms with E-state index in [0.717, 1.165) is 19.5 Å². The van der Waals surface area contributed by atoms with Gasteiger partial charge in [0.15, 0.2) is 0 Å². The molecule has 0 saturated carbocycles. The number of hydrogen-bond acceptors (Lipinski definition) is 3. The van der Waals surface area contributed by atoms with Crippen LogP contribution in [-0.2, 0) is 6.54 Å². The third-order valence-electron chi connectivity index (χ3n) is 4.47. The Hall–Kier alpha value is -1.99. The molecule has 0 atom stereocenters. The van der Waals surface area contributed by atoms with Crippen molar-refractivity contribution in [2.45, 2.75) is 23.4 Å². The van der Waals surface area contributed by atoms with Gasteiger partial charge in [0.2, 0.25) is 0 Å². The molecule has 1 saturated heterocycles. The summed E-state index contributed by atoms with van der Waals surface area (Å²) >= 11 is -0.231. The number of carbonyl (C=O) groups is 1. The summed E-state index contributed by atoms with van der Waals surface area (Å²) in [5, 5.41) is 0. The lowest BCUT2D eigenvalue weighted by atomic mass is 10.2. The molecule has 2 aromatic carbocycles. The molecule has 0 radical (unpaired) electrons. The molecular formula is C20H21F3N2OS. The van der Waals surface area contributed by atoms with Gasteiger partial charge in [0.05, 0.1) is 5.56 Å². The zero-order valence-corrected chi connectivity index (χ0v) is 15.6. The molecular weight excluding hydrogens is 373 g/mol. The number of rotatable bonds is 4. The molecule has 1 aliphatic heterocycles. The zero-order valence-electron chi connectivity index (χ0n) is 14.8. The van der Waals surface area contributed by atoms with Crippen LogP contribution in [0.25, 0.3) is 0 Å². The molecule has 1 aliphatic rings. The molecule has 1 amide bonds. The molecule has 144 valence electrons. The Labute approximate surface area is 161 Å². The molecule has 27 heavy (non-hydrogen) atoms. The van der Waals surface area contributed by atoms with Gasteiger partial charge in [-0.05, 0) is 35.9 Å². The number of nitrogens with zero attached hydrogens (tertiary/aromatic N) is 2. The Morgan fingerprint density at radius 3 is 2.37 bits per heavy atom. The average molecular weight is 394 g/mol. The molecule has 7 heteroatoms. The summed E-state index contributed by atoms with van der Waals surface area (Å²) in [6, 6.07) is 16.1. The van der Waals surface area contributed by atoms with Crippen molar-refractivity contribution < 1.29 is 18.0 Å². The summed E-state index contributed by atoms with van der Waals surface area (Å²) in [6.45, 7) is 3.43. The second-order valence-electron chi connectivity index (χ2n) is 6.45. The van der Waals surface area contributed by atoms with Crippen molar-refractivity contribution in [1.29, 1.82) is 0 Å². The maximum absolute atomic E-state index is 12.9. The summed E-state index contributed by atoms with van der Waals surface area (Å²) in [7, 11) is 0. The van der Waals surface area contributed by atoms with Crippen LogP contribution in [0.5, 0.6) is 0 Å². The summed E-state index contributed by atoms with van der Waals surface area (Å²) < 4.78 is 38.3. The second-order valence-corrected chi connectivity index (χ2v) is 7.56. The zero-order chi connectivity index (χ0) is 19.3. The van der Waals surface area contributed by atoms with Gasteiger partial charge in [0, 0.05) is 37.6 Å². The van der Waals surface area contributed by atoms with E-state index in [9.17, 15) is 18.0 Å². The third-order valence-corrected chi connectivity index (χ3v) is 5.28. The van der Waals surface area contributed by atoms with Crippen LogP contribution >= 0.6 is 11.8 Å². The highest BCUT2D eigenvalue weighted by Crippen LogP contribution is 2.38. The first kappa shape index (κ1) is 19.8. The Balaban J connectivity index is 1.66. The molecule has 1 fully saturated rings. The van der Waals surface area contributed by atoms with Crippen LogP contribution in [0.15, 0.2) is 59.5 Å². The van der Waals surface area contributed by atoms with Crippen molar-refractivity contribution in [3.63, 3.8) is 0 Å². The summed E-state index contributed by atoms with van der Waals surface area (Å²) in [5.74, 6) is -0.330. The number of amides is 1. The maximum atomic E-state index is 12.9. The lowest BCUT2D eigenvalue weighted by Gasteiger charge is -2.23. The first-order valence-corrected chi connectivity index (χ1v) is 9.64. The van der Waals surface area contributed by atoms with Crippen LogP contribution in [-0.4, -0.2) is 47.4 Å². The topological polar surface area (TPSA) is 23.6 Å². The smallest absolute Gasteiger partial charge is 0.337 e. The fourth-order valence-electron chi connectivity index (χ4n) is 3.20. The van der Waals surface area contributed by atoms with Gasteiger partial charge in [-0.25, -0.2) is 0 Å². The van der Waals surface area contributed by atoms with E-state index in [4.69, 9.17) is 0 Å². The van der Waals surface area contributed by atoms with Crippen molar-refractivity contribution >= 4 is 17.7 Å². The van der Waals surface area contributed by atoms with Gasteiger partial charge in [-0.3, -0.25) is 9.69 Å². The first-order chi connectivity index (χ1) is 12.9. The molecule has 0 spiro atoms. The monoisotopic (exact) mass is 394 g/mol. The minimum atomic E-state index is -4.42. The molecule has 3 rings (SSSR count). The number of alkyl halides is 3. The highest BCUT2D eigenvalue weighted by Gasteiger charge is 2.32. The van der Waals surface area contributed by atoms with Crippen LogP contribution in [0.1, 0.15) is 22.3 Å². The van der Waals surface area contributed by atoms with Gasteiger partial charge in [-0.15, -0.1) is 0 Å².